The number of alkyl halides is 2. The highest BCUT2D eigenvalue weighted by Crippen LogP contribution is 2.43. The maximum atomic E-state index is 12.8. The van der Waals surface area contributed by atoms with Gasteiger partial charge in [0.1, 0.15) is 0 Å². The van der Waals surface area contributed by atoms with Crippen LogP contribution in [-0.2, 0) is 63.5 Å². The van der Waals surface area contributed by atoms with E-state index in [1.807, 2.05) is 0 Å². The van der Waals surface area contributed by atoms with Crippen molar-refractivity contribution in [2.24, 2.45) is 11.8 Å². The van der Waals surface area contributed by atoms with E-state index in [1.54, 1.807) is 0 Å². The van der Waals surface area contributed by atoms with Crippen molar-refractivity contribution >= 4 is 39.1 Å². The minimum Gasteiger partial charge on any atom is -0.756 e. The fourth-order valence-corrected chi connectivity index (χ4v) is 5.19. The normalized spacial score (nSPS) is 20.9. The van der Waals surface area contributed by atoms with E-state index in [2.05, 4.69) is 40.7 Å². The van der Waals surface area contributed by atoms with Crippen molar-refractivity contribution in [1.29, 1.82) is 0 Å². The van der Waals surface area contributed by atoms with E-state index in [1.165, 1.54) is 0 Å². The highest BCUT2D eigenvalue weighted by Gasteiger charge is 2.19. The zero-order chi connectivity index (χ0) is 32.5. The topological polar surface area (TPSA) is 324 Å². The Bertz CT molecular complexity index is 992. The fourth-order valence-electron chi connectivity index (χ4n) is 1.92. The van der Waals surface area contributed by atoms with E-state index >= 15 is 0 Å². The average Bonchev–Trinajstić information content (AvgIpc) is 2.87. The summed E-state index contributed by atoms with van der Waals surface area (Å²) in [5.41, 5.74) is 0. The van der Waals surface area contributed by atoms with Crippen LogP contribution in [0.2, 0.25) is 0 Å². The fraction of sp³-hybridized carbons (Fsp3) is 1.00. The molecule has 0 amide bonds. The molecule has 0 aromatic heterocycles. The predicted octanol–water partition coefficient (Wildman–Crippen LogP) is -2.37. The summed E-state index contributed by atoms with van der Waals surface area (Å²) >= 11 is 0. The summed E-state index contributed by atoms with van der Waals surface area (Å²) in [4.78, 5) is 65.1. The van der Waals surface area contributed by atoms with E-state index in [9.17, 15) is 56.1 Å². The van der Waals surface area contributed by atoms with E-state index in [0.29, 0.717) is 0 Å². The largest absolute Gasteiger partial charge is 0.756 e. The Balaban J connectivity index is 4.21. The second-order valence-corrected chi connectivity index (χ2v) is 14.2. The third kappa shape index (κ3) is 23.7. The van der Waals surface area contributed by atoms with Crippen LogP contribution >= 0.6 is 39.1 Å². The SMILES string of the molecule is O=P([O-])(O)OCC(CF)COP(=O)([O-])OCCOP(=O)([O-])OCCOP(=O)([O-])OCCOP(=O)([O-])OCC(CO)CF. The molecule has 42 heavy (non-hydrogen) atoms. The first-order valence-electron chi connectivity index (χ1n) is 11.1. The van der Waals surface area contributed by atoms with Gasteiger partial charge in [-0.3, -0.25) is 31.6 Å². The van der Waals surface area contributed by atoms with Crippen LogP contribution in [0, 0.1) is 11.8 Å². The lowest BCUT2D eigenvalue weighted by molar-refractivity contribution is -0.237. The molecule has 0 fully saturated rings. The first-order valence-corrected chi connectivity index (χ1v) is 18.4. The lowest BCUT2D eigenvalue weighted by atomic mass is 10.2. The zero-order valence-corrected chi connectivity index (χ0v) is 25.8. The molecule has 0 aliphatic heterocycles. The first kappa shape index (κ1) is 42.4. The Morgan fingerprint density at radius 1 is 0.500 bits per heavy atom. The van der Waals surface area contributed by atoms with Crippen LogP contribution in [0.4, 0.5) is 8.78 Å². The van der Waals surface area contributed by atoms with Gasteiger partial charge < -0.3 is 75.2 Å². The van der Waals surface area contributed by atoms with E-state index in [4.69, 9.17) is 10.00 Å². The van der Waals surface area contributed by atoms with Crippen molar-refractivity contribution in [2.75, 3.05) is 79.4 Å². The van der Waals surface area contributed by atoms with Gasteiger partial charge in [-0.05, 0) is 0 Å². The van der Waals surface area contributed by atoms with Gasteiger partial charge in [0, 0.05) is 11.8 Å². The molecule has 0 aliphatic carbocycles. The van der Waals surface area contributed by atoms with Gasteiger partial charge in [-0.2, -0.15) is 0 Å². The quantitative estimate of drug-likeness (QED) is 0.0660. The molecule has 0 bridgehead atoms. The van der Waals surface area contributed by atoms with Gasteiger partial charge in [-0.1, -0.05) is 0 Å². The number of halogens is 2. The van der Waals surface area contributed by atoms with Crippen LogP contribution in [-0.4, -0.2) is 89.4 Å². The number of aliphatic hydroxyl groups excluding tert-OH is 1. The number of rotatable bonds is 27. The highest BCUT2D eigenvalue weighted by atomic mass is 31.2. The Morgan fingerprint density at radius 2 is 0.762 bits per heavy atom. The lowest BCUT2D eigenvalue weighted by Gasteiger charge is -2.27. The smallest absolute Gasteiger partial charge is 0.268 e. The number of aliphatic hydroxyl groups is 1. The summed E-state index contributed by atoms with van der Waals surface area (Å²) in [6.45, 7) is -11.3. The van der Waals surface area contributed by atoms with Crippen molar-refractivity contribution in [3.8, 4) is 0 Å². The zero-order valence-electron chi connectivity index (χ0n) is 21.3. The van der Waals surface area contributed by atoms with Crippen LogP contribution in [0.25, 0.3) is 0 Å². The van der Waals surface area contributed by atoms with Crippen molar-refractivity contribution in [3.63, 3.8) is 0 Å². The van der Waals surface area contributed by atoms with Crippen LogP contribution < -0.4 is 24.5 Å². The summed E-state index contributed by atoms with van der Waals surface area (Å²) in [6, 6.07) is 0. The third-order valence-corrected chi connectivity index (χ3v) is 8.25. The Morgan fingerprint density at radius 3 is 1.02 bits per heavy atom. The molecule has 7 unspecified atom stereocenters. The Labute approximate surface area is 237 Å². The van der Waals surface area contributed by atoms with E-state index in [0.717, 1.165) is 0 Å². The van der Waals surface area contributed by atoms with Crippen LogP contribution in [0.5, 0.6) is 0 Å². The summed E-state index contributed by atoms with van der Waals surface area (Å²) in [5, 5.41) is 8.74. The van der Waals surface area contributed by atoms with Crippen LogP contribution in [0.15, 0.2) is 0 Å². The summed E-state index contributed by atoms with van der Waals surface area (Å²) in [5.74, 6) is -2.55. The molecule has 0 radical (unpaired) electrons. The average molecular weight is 725 g/mol. The van der Waals surface area contributed by atoms with Gasteiger partial charge in [0.2, 0.25) is 0 Å². The van der Waals surface area contributed by atoms with E-state index in [-0.39, 0.29) is 0 Å². The monoisotopic (exact) mass is 725 g/mol. The van der Waals surface area contributed by atoms with Gasteiger partial charge in [-0.15, -0.1) is 0 Å². The molecule has 0 heterocycles. The molecular weight excluding hydrogens is 697 g/mol. The molecule has 0 aromatic rings. The minimum absolute atomic E-state index is 0.698. The molecule has 7 atom stereocenters. The number of phosphoric acid groups is 5. The van der Waals surface area contributed by atoms with Crippen molar-refractivity contribution < 1.29 is 107 Å². The second-order valence-electron chi connectivity index (χ2n) is 7.37. The molecule has 21 nitrogen and oxygen atoms in total. The number of phosphoric ester groups is 5. The van der Waals surface area contributed by atoms with Crippen molar-refractivity contribution in [1.82, 2.24) is 0 Å². The van der Waals surface area contributed by atoms with Gasteiger partial charge in [0.15, 0.2) is 0 Å². The first-order chi connectivity index (χ1) is 19.3. The molecule has 28 heteroatoms. The van der Waals surface area contributed by atoms with Crippen molar-refractivity contribution in [3.05, 3.63) is 0 Å². The standard InChI is InChI=1S/C14H33F2O21P5/c15-7-13(9-17)10-36-41(25,26)33-5-3-31-39(21,22)29-1-2-30-40(23,24)32-4-6-34-42(27,28)37-12-14(8-16)11-35-38(18,19)20/h13-14,17H,1-12H2,(H,21,22)(H,23,24)(H,25,26)(H,27,28)(H2,18,19,20)/p-5. The van der Waals surface area contributed by atoms with E-state index < -0.39 is 130 Å². The van der Waals surface area contributed by atoms with Crippen molar-refractivity contribution in [2.45, 2.75) is 0 Å². The Kier molecular flexibility index (Phi) is 20.7. The van der Waals surface area contributed by atoms with Gasteiger partial charge in [0.25, 0.3) is 39.1 Å². The summed E-state index contributed by atoms with van der Waals surface area (Å²) in [7, 11) is -25.6. The predicted molar refractivity (Wildman–Crippen MR) is 120 cm³/mol. The molecular formula is C14H28F2O21P5-5. The lowest BCUT2D eigenvalue weighted by Crippen LogP contribution is -2.21. The maximum absolute atomic E-state index is 12.8. The highest BCUT2D eigenvalue weighted by molar-refractivity contribution is 7.46. The van der Waals surface area contributed by atoms with Gasteiger partial charge in [0.05, 0.1) is 79.4 Å². The molecule has 0 spiro atoms. The molecule has 2 N–H and O–H groups in total. The van der Waals surface area contributed by atoms with Gasteiger partial charge in [-0.25, -0.2) is 0 Å². The minimum atomic E-state index is -5.19. The van der Waals surface area contributed by atoms with Crippen LogP contribution in [0.1, 0.15) is 0 Å². The summed E-state index contributed by atoms with van der Waals surface area (Å²) in [6.07, 6.45) is 0. The molecule has 254 valence electrons. The van der Waals surface area contributed by atoms with Crippen LogP contribution in [0.3, 0.4) is 0 Å². The van der Waals surface area contributed by atoms with Gasteiger partial charge >= 0.3 is 0 Å². The summed E-state index contributed by atoms with van der Waals surface area (Å²) < 4.78 is 120. The Hall–Kier alpha value is 0.370. The molecule has 0 aromatic carbocycles. The molecule has 0 saturated heterocycles. The molecule has 0 saturated carbocycles. The number of hydrogen-bond acceptors (Lipinski definition) is 20. The molecule has 0 aliphatic rings. The third-order valence-electron chi connectivity index (χ3n) is 3.85. The number of hydrogen-bond donors (Lipinski definition) is 2. The maximum Gasteiger partial charge on any atom is 0.268 e. The molecule has 0 rings (SSSR count). The second kappa shape index (κ2) is 20.5.